The summed E-state index contributed by atoms with van der Waals surface area (Å²) in [5, 5.41) is 4.19. The van der Waals surface area contributed by atoms with Crippen LogP contribution in [0, 0.1) is 5.92 Å². The van der Waals surface area contributed by atoms with E-state index in [2.05, 4.69) is 10.3 Å². The Morgan fingerprint density at radius 2 is 1.73 bits per heavy atom. The fourth-order valence-corrected chi connectivity index (χ4v) is 5.08. The summed E-state index contributed by atoms with van der Waals surface area (Å²) in [5.74, 6) is -0.512. The van der Waals surface area contributed by atoms with E-state index in [-0.39, 0.29) is 29.5 Å². The van der Waals surface area contributed by atoms with Gasteiger partial charge in [0.15, 0.2) is 5.75 Å². The third-order valence-corrected chi connectivity index (χ3v) is 6.94. The Morgan fingerprint density at radius 3 is 2.41 bits per heavy atom. The Labute approximate surface area is 217 Å². The molecule has 2 atom stereocenters. The monoisotopic (exact) mass is 504 g/mol. The zero-order valence-corrected chi connectivity index (χ0v) is 21.8. The standard InChI is InChI=1S/C30H36N2O5/c1-4-24(31-19(2)3)28(37-30(35)21-13-9-6-10-14-21)23-15-17-25(27-22(23)16-18-26(33)32-27)36-29(34)20-11-7-5-8-12-20/h6,9-10,13-20,24,28,31H,4-5,7-8,11-12H2,1-3H3,(H,32,33). The molecule has 0 radical (unpaired) electrons. The SMILES string of the molecule is CCC(NC(C)C)C(OC(=O)c1ccccc1)c1ccc(OC(=O)C2CCCCC2)c2[nH]c(=O)ccc12. The van der Waals surface area contributed by atoms with Crippen LogP contribution in [-0.4, -0.2) is 29.0 Å². The largest absolute Gasteiger partial charge is 0.452 e. The smallest absolute Gasteiger partial charge is 0.338 e. The summed E-state index contributed by atoms with van der Waals surface area (Å²) >= 11 is 0. The van der Waals surface area contributed by atoms with Crippen molar-refractivity contribution in [2.75, 3.05) is 0 Å². The number of H-pyrrole nitrogens is 1. The van der Waals surface area contributed by atoms with Crippen molar-refractivity contribution in [3.63, 3.8) is 0 Å². The number of carbonyl (C=O) groups excluding carboxylic acids is 2. The molecule has 1 aliphatic carbocycles. The van der Waals surface area contributed by atoms with E-state index in [4.69, 9.17) is 9.47 Å². The second-order valence-corrected chi connectivity index (χ2v) is 10.0. The van der Waals surface area contributed by atoms with E-state index in [1.807, 2.05) is 32.9 Å². The van der Waals surface area contributed by atoms with Gasteiger partial charge < -0.3 is 19.8 Å². The van der Waals surface area contributed by atoms with Gasteiger partial charge in [-0.05, 0) is 43.5 Å². The van der Waals surface area contributed by atoms with E-state index in [9.17, 15) is 14.4 Å². The molecule has 2 N–H and O–H groups in total. The molecule has 2 unspecified atom stereocenters. The van der Waals surface area contributed by atoms with Crippen LogP contribution in [0.25, 0.3) is 10.9 Å². The van der Waals surface area contributed by atoms with Crippen molar-refractivity contribution < 1.29 is 19.1 Å². The fourth-order valence-electron chi connectivity index (χ4n) is 5.08. The molecule has 0 aliphatic heterocycles. The molecule has 0 bridgehead atoms. The minimum Gasteiger partial charge on any atom is -0.452 e. The Balaban J connectivity index is 1.75. The van der Waals surface area contributed by atoms with Crippen LogP contribution in [-0.2, 0) is 9.53 Å². The second kappa shape index (κ2) is 12.2. The number of ether oxygens (including phenoxy) is 2. The summed E-state index contributed by atoms with van der Waals surface area (Å²) in [7, 11) is 0. The lowest BCUT2D eigenvalue weighted by Crippen LogP contribution is -2.40. The molecular weight excluding hydrogens is 468 g/mol. The van der Waals surface area contributed by atoms with Crippen LogP contribution in [0.5, 0.6) is 5.75 Å². The van der Waals surface area contributed by atoms with Crippen molar-refractivity contribution in [3.8, 4) is 5.75 Å². The number of aromatic nitrogens is 1. The van der Waals surface area contributed by atoms with Gasteiger partial charge in [-0.25, -0.2) is 4.79 Å². The number of carbonyl (C=O) groups is 2. The van der Waals surface area contributed by atoms with E-state index in [0.29, 0.717) is 28.6 Å². The maximum absolute atomic E-state index is 13.1. The van der Waals surface area contributed by atoms with Gasteiger partial charge in [0, 0.05) is 29.1 Å². The predicted molar refractivity (Wildman–Crippen MR) is 144 cm³/mol. The van der Waals surface area contributed by atoms with Gasteiger partial charge in [0.1, 0.15) is 6.10 Å². The maximum Gasteiger partial charge on any atom is 0.338 e. The Morgan fingerprint density at radius 1 is 1.00 bits per heavy atom. The number of hydrogen-bond acceptors (Lipinski definition) is 6. The summed E-state index contributed by atoms with van der Waals surface area (Å²) in [6.45, 7) is 6.12. The van der Waals surface area contributed by atoms with Gasteiger partial charge in [0.25, 0.3) is 0 Å². The van der Waals surface area contributed by atoms with Crippen molar-refractivity contribution in [1.29, 1.82) is 0 Å². The summed E-state index contributed by atoms with van der Waals surface area (Å²) in [6, 6.07) is 15.5. The van der Waals surface area contributed by atoms with E-state index in [0.717, 1.165) is 37.7 Å². The highest BCUT2D eigenvalue weighted by Crippen LogP contribution is 2.35. The quantitative estimate of drug-likeness (QED) is 0.287. The number of rotatable bonds is 9. The molecule has 1 saturated carbocycles. The first-order valence-corrected chi connectivity index (χ1v) is 13.3. The number of hydrogen-bond donors (Lipinski definition) is 2. The third-order valence-electron chi connectivity index (χ3n) is 6.94. The molecule has 1 aromatic heterocycles. The number of pyridine rings is 1. The highest BCUT2D eigenvalue weighted by atomic mass is 16.5. The molecule has 0 spiro atoms. The molecule has 3 aromatic rings. The normalized spacial score (nSPS) is 15.9. The van der Waals surface area contributed by atoms with Crippen LogP contribution in [0.2, 0.25) is 0 Å². The van der Waals surface area contributed by atoms with Gasteiger partial charge in [-0.1, -0.05) is 64.3 Å². The lowest BCUT2D eigenvalue weighted by molar-refractivity contribution is -0.139. The van der Waals surface area contributed by atoms with Crippen LogP contribution < -0.4 is 15.6 Å². The summed E-state index contributed by atoms with van der Waals surface area (Å²) < 4.78 is 12.0. The summed E-state index contributed by atoms with van der Waals surface area (Å²) in [4.78, 5) is 41.2. The minimum atomic E-state index is -0.642. The van der Waals surface area contributed by atoms with Gasteiger partial charge in [-0.2, -0.15) is 0 Å². The first kappa shape index (κ1) is 26.6. The lowest BCUT2D eigenvalue weighted by atomic mass is 9.89. The first-order chi connectivity index (χ1) is 17.9. The maximum atomic E-state index is 13.1. The minimum absolute atomic E-state index is 0.127. The number of fused-ring (bicyclic) bond motifs is 1. The van der Waals surface area contributed by atoms with Gasteiger partial charge in [0.2, 0.25) is 5.56 Å². The van der Waals surface area contributed by atoms with Crippen LogP contribution in [0.1, 0.15) is 81.3 Å². The van der Waals surface area contributed by atoms with Crippen molar-refractivity contribution in [3.05, 3.63) is 76.1 Å². The fraction of sp³-hybridized carbons (Fsp3) is 0.433. The molecule has 4 rings (SSSR count). The van der Waals surface area contributed by atoms with E-state index >= 15 is 0 Å². The Hall–Kier alpha value is -3.45. The molecule has 1 fully saturated rings. The number of esters is 2. The summed E-state index contributed by atoms with van der Waals surface area (Å²) in [5.41, 5.74) is 1.31. The highest BCUT2D eigenvalue weighted by Gasteiger charge is 2.30. The molecule has 1 aliphatic rings. The zero-order chi connectivity index (χ0) is 26.4. The van der Waals surface area contributed by atoms with Gasteiger partial charge in [0.05, 0.1) is 17.0 Å². The van der Waals surface area contributed by atoms with Gasteiger partial charge >= 0.3 is 11.9 Å². The molecule has 0 amide bonds. The number of aromatic amines is 1. The van der Waals surface area contributed by atoms with Crippen molar-refractivity contribution >= 4 is 22.8 Å². The lowest BCUT2D eigenvalue weighted by Gasteiger charge is -2.30. The third kappa shape index (κ3) is 6.46. The van der Waals surface area contributed by atoms with Crippen molar-refractivity contribution in [2.45, 2.75) is 77.5 Å². The molecular formula is C30H36N2O5. The molecule has 196 valence electrons. The first-order valence-electron chi connectivity index (χ1n) is 13.3. The van der Waals surface area contributed by atoms with E-state index < -0.39 is 12.1 Å². The van der Waals surface area contributed by atoms with Crippen LogP contribution in [0.3, 0.4) is 0 Å². The summed E-state index contributed by atoms with van der Waals surface area (Å²) in [6.07, 6.45) is 4.88. The second-order valence-electron chi connectivity index (χ2n) is 10.0. The van der Waals surface area contributed by atoms with E-state index in [1.165, 1.54) is 6.07 Å². The average molecular weight is 505 g/mol. The molecule has 1 heterocycles. The number of benzene rings is 2. The molecule has 37 heavy (non-hydrogen) atoms. The van der Waals surface area contributed by atoms with Crippen molar-refractivity contribution in [2.24, 2.45) is 5.92 Å². The van der Waals surface area contributed by atoms with E-state index in [1.54, 1.807) is 36.4 Å². The van der Waals surface area contributed by atoms with Crippen LogP contribution in [0.4, 0.5) is 0 Å². The predicted octanol–water partition coefficient (Wildman–Crippen LogP) is 5.69. The molecule has 2 aromatic carbocycles. The Kier molecular flexibility index (Phi) is 8.77. The van der Waals surface area contributed by atoms with Crippen molar-refractivity contribution in [1.82, 2.24) is 10.3 Å². The van der Waals surface area contributed by atoms with Gasteiger partial charge in [-0.15, -0.1) is 0 Å². The highest BCUT2D eigenvalue weighted by molar-refractivity contribution is 5.92. The topological polar surface area (TPSA) is 97.5 Å². The number of nitrogens with one attached hydrogen (secondary N) is 2. The molecule has 7 heteroatoms. The Bertz CT molecular complexity index is 1280. The zero-order valence-electron chi connectivity index (χ0n) is 21.8. The van der Waals surface area contributed by atoms with Crippen LogP contribution >= 0.6 is 0 Å². The van der Waals surface area contributed by atoms with Gasteiger partial charge in [-0.3, -0.25) is 9.59 Å². The molecule has 7 nitrogen and oxygen atoms in total. The average Bonchev–Trinajstić information content (AvgIpc) is 2.91. The van der Waals surface area contributed by atoms with Crippen LogP contribution in [0.15, 0.2) is 59.4 Å². The molecule has 0 saturated heterocycles.